The Morgan fingerprint density at radius 1 is 1.47 bits per heavy atom. The van der Waals surface area contributed by atoms with Crippen molar-refractivity contribution in [1.29, 1.82) is 0 Å². The highest BCUT2D eigenvalue weighted by atomic mass is 15.2. The van der Waals surface area contributed by atoms with Gasteiger partial charge >= 0.3 is 0 Å². The molecule has 0 aromatic carbocycles. The van der Waals surface area contributed by atoms with Crippen LogP contribution in [0.4, 0.5) is 11.6 Å². The van der Waals surface area contributed by atoms with Crippen molar-refractivity contribution in [3.8, 4) is 0 Å². The van der Waals surface area contributed by atoms with E-state index >= 15 is 0 Å². The first-order valence-corrected chi connectivity index (χ1v) is 5.00. The number of aromatic nitrogens is 3. The molecular weight excluding hydrogens is 188 g/mol. The van der Waals surface area contributed by atoms with Crippen molar-refractivity contribution in [3.05, 3.63) is 36.4 Å². The maximum Gasteiger partial charge on any atom is 0.207 e. The minimum Gasteiger partial charge on any atom is -0.324 e. The molecule has 0 aliphatic carbocycles. The second-order valence-corrected chi connectivity index (χ2v) is 3.36. The van der Waals surface area contributed by atoms with Gasteiger partial charge in [0.25, 0.3) is 0 Å². The highest BCUT2D eigenvalue weighted by Gasteiger charge is 2.03. The maximum atomic E-state index is 4.40. The van der Waals surface area contributed by atoms with E-state index in [1.807, 2.05) is 25.3 Å². The topological polar surface area (TPSA) is 42.7 Å². The van der Waals surface area contributed by atoms with Crippen LogP contribution in [0.3, 0.4) is 0 Å². The van der Waals surface area contributed by atoms with Crippen molar-refractivity contribution in [2.24, 2.45) is 0 Å². The normalized spacial score (nSPS) is 10.3. The van der Waals surface area contributed by atoms with Gasteiger partial charge in [0.15, 0.2) is 0 Å². The maximum absolute atomic E-state index is 4.40. The summed E-state index contributed by atoms with van der Waals surface area (Å²) in [7, 11) is 0. The standard InChI is InChI=1S/C11H14N4/c1-3-15-8-9(2)13-11(15)14-10-5-4-6-12-7-10/h4-8H,3H2,1-2H3,(H,13,14). The molecule has 2 aromatic rings. The summed E-state index contributed by atoms with van der Waals surface area (Å²) in [5.74, 6) is 0.864. The zero-order valence-electron chi connectivity index (χ0n) is 8.94. The second kappa shape index (κ2) is 4.13. The van der Waals surface area contributed by atoms with Crippen molar-refractivity contribution < 1.29 is 0 Å². The van der Waals surface area contributed by atoms with Gasteiger partial charge in [0, 0.05) is 18.9 Å². The Bertz CT molecular complexity index is 433. The Kier molecular flexibility index (Phi) is 2.67. The molecule has 0 unspecified atom stereocenters. The van der Waals surface area contributed by atoms with E-state index in [-0.39, 0.29) is 0 Å². The van der Waals surface area contributed by atoms with Crippen molar-refractivity contribution in [1.82, 2.24) is 14.5 Å². The number of imidazole rings is 1. The lowest BCUT2D eigenvalue weighted by Crippen LogP contribution is -2.01. The van der Waals surface area contributed by atoms with E-state index in [1.165, 1.54) is 0 Å². The summed E-state index contributed by atoms with van der Waals surface area (Å²) in [6, 6.07) is 3.87. The lowest BCUT2D eigenvalue weighted by Gasteiger charge is -2.06. The van der Waals surface area contributed by atoms with Gasteiger partial charge in [-0.3, -0.25) is 4.98 Å². The van der Waals surface area contributed by atoms with Crippen molar-refractivity contribution in [2.75, 3.05) is 5.32 Å². The molecule has 0 bridgehead atoms. The van der Waals surface area contributed by atoms with E-state index in [1.54, 1.807) is 12.4 Å². The van der Waals surface area contributed by atoms with Gasteiger partial charge in [-0.15, -0.1) is 0 Å². The number of aryl methyl sites for hydroxylation is 2. The molecule has 2 aromatic heterocycles. The predicted octanol–water partition coefficient (Wildman–Crippen LogP) is 2.35. The fourth-order valence-corrected chi connectivity index (χ4v) is 1.45. The highest BCUT2D eigenvalue weighted by molar-refractivity contribution is 5.51. The molecule has 0 atom stereocenters. The summed E-state index contributed by atoms with van der Waals surface area (Å²) in [5.41, 5.74) is 1.97. The quantitative estimate of drug-likeness (QED) is 0.830. The molecule has 2 heterocycles. The van der Waals surface area contributed by atoms with Crippen molar-refractivity contribution in [3.63, 3.8) is 0 Å². The monoisotopic (exact) mass is 202 g/mol. The van der Waals surface area contributed by atoms with Crippen LogP contribution < -0.4 is 5.32 Å². The number of nitrogens with zero attached hydrogens (tertiary/aromatic N) is 3. The summed E-state index contributed by atoms with van der Waals surface area (Å²) in [5, 5.41) is 3.23. The fraction of sp³-hybridized carbons (Fsp3) is 0.273. The Balaban J connectivity index is 2.24. The van der Waals surface area contributed by atoms with Crippen LogP contribution in [0.2, 0.25) is 0 Å². The molecule has 2 rings (SSSR count). The van der Waals surface area contributed by atoms with Gasteiger partial charge in [0.05, 0.1) is 17.6 Å². The summed E-state index contributed by atoms with van der Waals surface area (Å²) in [6.45, 7) is 4.99. The molecule has 15 heavy (non-hydrogen) atoms. The van der Waals surface area contributed by atoms with Gasteiger partial charge < -0.3 is 9.88 Å². The fourth-order valence-electron chi connectivity index (χ4n) is 1.45. The lowest BCUT2D eigenvalue weighted by atomic mass is 10.4. The molecule has 4 heteroatoms. The average molecular weight is 202 g/mol. The molecule has 0 amide bonds. The van der Waals surface area contributed by atoms with Gasteiger partial charge in [-0.1, -0.05) is 0 Å². The number of pyridine rings is 1. The summed E-state index contributed by atoms with van der Waals surface area (Å²) in [4.78, 5) is 8.44. The van der Waals surface area contributed by atoms with Crippen LogP contribution in [0.5, 0.6) is 0 Å². The van der Waals surface area contributed by atoms with E-state index in [0.29, 0.717) is 0 Å². The van der Waals surface area contributed by atoms with Gasteiger partial charge in [-0.2, -0.15) is 0 Å². The third kappa shape index (κ3) is 2.15. The number of nitrogens with one attached hydrogen (secondary N) is 1. The van der Waals surface area contributed by atoms with Crippen LogP contribution in [-0.2, 0) is 6.54 Å². The van der Waals surface area contributed by atoms with E-state index < -0.39 is 0 Å². The molecular formula is C11H14N4. The van der Waals surface area contributed by atoms with Gasteiger partial charge in [0.2, 0.25) is 5.95 Å². The van der Waals surface area contributed by atoms with Crippen LogP contribution in [0, 0.1) is 6.92 Å². The summed E-state index contributed by atoms with van der Waals surface area (Å²) < 4.78 is 2.07. The van der Waals surface area contributed by atoms with E-state index in [4.69, 9.17) is 0 Å². The zero-order valence-corrected chi connectivity index (χ0v) is 8.94. The Morgan fingerprint density at radius 2 is 2.33 bits per heavy atom. The molecule has 0 radical (unpaired) electrons. The predicted molar refractivity (Wildman–Crippen MR) is 60.2 cm³/mol. The van der Waals surface area contributed by atoms with Crippen molar-refractivity contribution in [2.45, 2.75) is 20.4 Å². The average Bonchev–Trinajstić information content (AvgIpc) is 2.60. The molecule has 0 aliphatic heterocycles. The second-order valence-electron chi connectivity index (χ2n) is 3.36. The van der Waals surface area contributed by atoms with E-state index in [2.05, 4.69) is 26.8 Å². The van der Waals surface area contributed by atoms with Gasteiger partial charge in [-0.05, 0) is 26.0 Å². The first-order chi connectivity index (χ1) is 7.29. The Morgan fingerprint density at radius 3 is 3.00 bits per heavy atom. The molecule has 4 nitrogen and oxygen atoms in total. The summed E-state index contributed by atoms with van der Waals surface area (Å²) in [6.07, 6.45) is 5.56. The molecule has 0 spiro atoms. The Labute approximate surface area is 89.0 Å². The van der Waals surface area contributed by atoms with E-state index in [0.717, 1.165) is 23.9 Å². The largest absolute Gasteiger partial charge is 0.324 e. The van der Waals surface area contributed by atoms with E-state index in [9.17, 15) is 0 Å². The number of hydrogen-bond donors (Lipinski definition) is 1. The molecule has 0 saturated heterocycles. The third-order valence-corrected chi connectivity index (χ3v) is 2.16. The first kappa shape index (κ1) is 9.71. The number of hydrogen-bond acceptors (Lipinski definition) is 3. The SMILES string of the molecule is CCn1cc(C)nc1Nc1cccnc1. The molecule has 0 aliphatic rings. The van der Waals surface area contributed by atoms with Crippen molar-refractivity contribution >= 4 is 11.6 Å². The minimum absolute atomic E-state index is 0.864. The highest BCUT2D eigenvalue weighted by Crippen LogP contribution is 2.14. The van der Waals surface area contributed by atoms with Crippen LogP contribution >= 0.6 is 0 Å². The molecule has 0 fully saturated rings. The number of rotatable bonds is 3. The summed E-state index contributed by atoms with van der Waals surface area (Å²) >= 11 is 0. The lowest BCUT2D eigenvalue weighted by molar-refractivity contribution is 0.771. The third-order valence-electron chi connectivity index (χ3n) is 2.16. The minimum atomic E-state index is 0.864. The van der Waals surface area contributed by atoms with Gasteiger partial charge in [0.1, 0.15) is 0 Å². The van der Waals surface area contributed by atoms with Crippen LogP contribution in [0.1, 0.15) is 12.6 Å². The molecule has 78 valence electrons. The van der Waals surface area contributed by atoms with Gasteiger partial charge in [-0.25, -0.2) is 4.98 Å². The molecule has 0 saturated carbocycles. The van der Waals surface area contributed by atoms with Crippen LogP contribution in [-0.4, -0.2) is 14.5 Å². The Hall–Kier alpha value is -1.84. The first-order valence-electron chi connectivity index (χ1n) is 5.00. The smallest absolute Gasteiger partial charge is 0.207 e. The molecule has 1 N–H and O–H groups in total. The van der Waals surface area contributed by atoms with Crippen LogP contribution in [0.25, 0.3) is 0 Å². The number of anilines is 2. The zero-order chi connectivity index (χ0) is 10.7. The van der Waals surface area contributed by atoms with Crippen LogP contribution in [0.15, 0.2) is 30.7 Å².